The Morgan fingerprint density at radius 3 is 2.24 bits per heavy atom. The second-order valence-corrected chi connectivity index (χ2v) is 6.65. The minimum Gasteiger partial charge on any atom is -0.422 e. The van der Waals surface area contributed by atoms with Crippen LogP contribution < -0.4 is 4.74 Å². The third kappa shape index (κ3) is 3.91. The predicted molar refractivity (Wildman–Crippen MR) is 84.2 cm³/mol. The fraction of sp³-hybridized carbons (Fsp3) is 0.235. The Labute approximate surface area is 132 Å². The van der Waals surface area contributed by atoms with E-state index in [1.807, 2.05) is 12.1 Å². The summed E-state index contributed by atoms with van der Waals surface area (Å²) in [6.45, 7) is 6.33. The zero-order chi connectivity index (χ0) is 15.6. The second kappa shape index (κ2) is 5.98. The summed E-state index contributed by atoms with van der Waals surface area (Å²) in [5.74, 6) is -0.459. The summed E-state index contributed by atoms with van der Waals surface area (Å²) in [6, 6.07) is 10.9. The summed E-state index contributed by atoms with van der Waals surface area (Å²) in [6.07, 6.45) is 0. The first kappa shape index (κ1) is 15.7. The second-order valence-electron chi connectivity index (χ2n) is 5.79. The molecule has 0 saturated carbocycles. The summed E-state index contributed by atoms with van der Waals surface area (Å²) in [4.78, 5) is 12.0. The Hall–Kier alpha value is -1.68. The number of carbonyl (C=O) groups is 1. The molecule has 110 valence electrons. The fourth-order valence-electron chi connectivity index (χ4n) is 1.79. The van der Waals surface area contributed by atoms with E-state index in [1.165, 1.54) is 24.3 Å². The van der Waals surface area contributed by atoms with Crippen LogP contribution in [0.25, 0.3) is 0 Å². The molecule has 0 fully saturated rings. The Balaban J connectivity index is 2.20. The van der Waals surface area contributed by atoms with Gasteiger partial charge < -0.3 is 4.74 Å². The van der Waals surface area contributed by atoms with Gasteiger partial charge in [-0.3, -0.25) is 0 Å². The molecular formula is C17H16BrFO2. The molecule has 2 aromatic carbocycles. The third-order valence-electron chi connectivity index (χ3n) is 3.08. The summed E-state index contributed by atoms with van der Waals surface area (Å²) >= 11 is 3.42. The van der Waals surface area contributed by atoms with Crippen LogP contribution >= 0.6 is 15.9 Å². The summed E-state index contributed by atoms with van der Waals surface area (Å²) < 4.78 is 18.9. The van der Waals surface area contributed by atoms with Gasteiger partial charge in [0, 0.05) is 0 Å². The van der Waals surface area contributed by atoms with Crippen LogP contribution in [0.1, 0.15) is 36.7 Å². The molecule has 0 unspecified atom stereocenters. The van der Waals surface area contributed by atoms with Crippen LogP contribution in [0.4, 0.5) is 4.39 Å². The molecule has 0 bridgehead atoms. The highest BCUT2D eigenvalue weighted by Gasteiger charge is 2.17. The molecule has 0 radical (unpaired) electrons. The molecule has 0 aliphatic carbocycles. The van der Waals surface area contributed by atoms with Crippen LogP contribution in [-0.2, 0) is 5.41 Å². The van der Waals surface area contributed by atoms with Gasteiger partial charge in [0.2, 0.25) is 0 Å². The molecule has 0 atom stereocenters. The standard InChI is InChI=1S/C17H16BrFO2/c1-17(2,3)12-6-9-15(14(18)10-12)21-16(20)11-4-7-13(19)8-5-11/h4-10H,1-3H3. The lowest BCUT2D eigenvalue weighted by Crippen LogP contribution is -2.12. The molecule has 0 N–H and O–H groups in total. The number of carbonyl (C=O) groups excluding carboxylic acids is 1. The molecular weight excluding hydrogens is 335 g/mol. The van der Waals surface area contributed by atoms with E-state index in [9.17, 15) is 9.18 Å². The van der Waals surface area contributed by atoms with E-state index in [1.54, 1.807) is 6.07 Å². The van der Waals surface area contributed by atoms with Gasteiger partial charge >= 0.3 is 5.97 Å². The van der Waals surface area contributed by atoms with Crippen LogP contribution in [0.2, 0.25) is 0 Å². The van der Waals surface area contributed by atoms with Crippen molar-refractivity contribution in [3.63, 3.8) is 0 Å². The van der Waals surface area contributed by atoms with Gasteiger partial charge in [0.15, 0.2) is 0 Å². The molecule has 2 rings (SSSR count). The van der Waals surface area contributed by atoms with Gasteiger partial charge in [0.1, 0.15) is 11.6 Å². The summed E-state index contributed by atoms with van der Waals surface area (Å²) in [7, 11) is 0. The van der Waals surface area contributed by atoms with E-state index in [-0.39, 0.29) is 11.2 Å². The lowest BCUT2D eigenvalue weighted by Gasteiger charge is -2.20. The van der Waals surface area contributed by atoms with Gasteiger partial charge in [-0.15, -0.1) is 0 Å². The van der Waals surface area contributed by atoms with Gasteiger partial charge in [0.25, 0.3) is 0 Å². The van der Waals surface area contributed by atoms with E-state index >= 15 is 0 Å². The van der Waals surface area contributed by atoms with Crippen LogP contribution in [0.5, 0.6) is 5.75 Å². The normalized spacial score (nSPS) is 11.3. The van der Waals surface area contributed by atoms with Gasteiger partial charge in [-0.25, -0.2) is 9.18 Å². The van der Waals surface area contributed by atoms with Crippen molar-refractivity contribution < 1.29 is 13.9 Å². The highest BCUT2D eigenvalue weighted by Crippen LogP contribution is 2.31. The highest BCUT2D eigenvalue weighted by atomic mass is 79.9. The SMILES string of the molecule is CC(C)(C)c1ccc(OC(=O)c2ccc(F)cc2)c(Br)c1. The Morgan fingerprint density at radius 2 is 1.71 bits per heavy atom. The van der Waals surface area contributed by atoms with Crippen LogP contribution in [-0.4, -0.2) is 5.97 Å². The molecule has 2 nitrogen and oxygen atoms in total. The monoisotopic (exact) mass is 350 g/mol. The van der Waals surface area contributed by atoms with Crippen LogP contribution in [0.3, 0.4) is 0 Å². The summed E-state index contributed by atoms with van der Waals surface area (Å²) in [5, 5.41) is 0. The molecule has 0 aliphatic heterocycles. The molecule has 4 heteroatoms. The number of benzene rings is 2. The number of halogens is 2. The third-order valence-corrected chi connectivity index (χ3v) is 3.70. The van der Waals surface area contributed by atoms with Gasteiger partial charge in [-0.1, -0.05) is 26.8 Å². The quantitative estimate of drug-likeness (QED) is 0.556. The minimum absolute atomic E-state index is 0.0159. The number of hydrogen-bond donors (Lipinski definition) is 0. The van der Waals surface area contributed by atoms with E-state index in [0.29, 0.717) is 15.8 Å². The number of esters is 1. The minimum atomic E-state index is -0.515. The molecule has 0 amide bonds. The first-order valence-corrected chi connectivity index (χ1v) is 7.34. The Bertz CT molecular complexity index is 657. The maximum absolute atomic E-state index is 12.8. The van der Waals surface area contributed by atoms with E-state index in [2.05, 4.69) is 36.7 Å². The van der Waals surface area contributed by atoms with Crippen molar-refractivity contribution in [2.45, 2.75) is 26.2 Å². The smallest absolute Gasteiger partial charge is 0.343 e. The topological polar surface area (TPSA) is 26.3 Å². The first-order valence-electron chi connectivity index (χ1n) is 6.55. The molecule has 0 spiro atoms. The largest absolute Gasteiger partial charge is 0.422 e. The van der Waals surface area contributed by atoms with Gasteiger partial charge in [-0.2, -0.15) is 0 Å². The molecule has 0 saturated heterocycles. The van der Waals surface area contributed by atoms with Crippen molar-refractivity contribution in [2.75, 3.05) is 0 Å². The van der Waals surface area contributed by atoms with E-state index < -0.39 is 5.97 Å². The van der Waals surface area contributed by atoms with Crippen molar-refractivity contribution in [2.24, 2.45) is 0 Å². The molecule has 2 aromatic rings. The zero-order valence-electron chi connectivity index (χ0n) is 12.1. The van der Waals surface area contributed by atoms with Crippen LogP contribution in [0.15, 0.2) is 46.9 Å². The van der Waals surface area contributed by atoms with Gasteiger partial charge in [0.05, 0.1) is 10.0 Å². The molecule has 0 aliphatic rings. The first-order chi connectivity index (χ1) is 9.77. The Kier molecular flexibility index (Phi) is 4.47. The Morgan fingerprint density at radius 1 is 1.10 bits per heavy atom. The molecule has 21 heavy (non-hydrogen) atoms. The van der Waals surface area contributed by atoms with Crippen molar-refractivity contribution in [3.05, 3.63) is 63.9 Å². The number of rotatable bonds is 2. The van der Waals surface area contributed by atoms with E-state index in [0.717, 1.165) is 5.56 Å². The number of ether oxygens (including phenoxy) is 1. The summed E-state index contributed by atoms with van der Waals surface area (Å²) in [5.41, 5.74) is 1.46. The zero-order valence-corrected chi connectivity index (χ0v) is 13.7. The number of hydrogen-bond acceptors (Lipinski definition) is 2. The van der Waals surface area contributed by atoms with Crippen LogP contribution in [0, 0.1) is 5.82 Å². The van der Waals surface area contributed by atoms with E-state index in [4.69, 9.17) is 4.74 Å². The fourth-order valence-corrected chi connectivity index (χ4v) is 2.25. The van der Waals surface area contributed by atoms with Crippen molar-refractivity contribution in [1.29, 1.82) is 0 Å². The maximum Gasteiger partial charge on any atom is 0.343 e. The lowest BCUT2D eigenvalue weighted by atomic mass is 9.87. The molecule has 0 aromatic heterocycles. The van der Waals surface area contributed by atoms with Crippen molar-refractivity contribution in [3.8, 4) is 5.75 Å². The van der Waals surface area contributed by atoms with Crippen molar-refractivity contribution >= 4 is 21.9 Å². The highest BCUT2D eigenvalue weighted by molar-refractivity contribution is 9.10. The average molecular weight is 351 g/mol. The molecule has 0 heterocycles. The maximum atomic E-state index is 12.8. The van der Waals surface area contributed by atoms with Gasteiger partial charge in [-0.05, 0) is 63.3 Å². The predicted octanol–water partition coefficient (Wildman–Crippen LogP) is 5.10. The van der Waals surface area contributed by atoms with Crippen molar-refractivity contribution in [1.82, 2.24) is 0 Å². The lowest BCUT2D eigenvalue weighted by molar-refractivity contribution is 0.0733. The average Bonchev–Trinajstić information content (AvgIpc) is 2.40.